The van der Waals surface area contributed by atoms with E-state index in [0.717, 1.165) is 5.56 Å². The standard InChI is InChI=1S/C22H16ClNO5/c1-13(25)29-18-8-5-14(6-9-18)21(26)24-20-12-16(7-10-19(20)22(27)28)15-3-2-4-17(23)11-15/h2-12H,1H3,(H,24,26)(H,27,28). The number of ether oxygens (including phenoxy) is 1. The second-order valence-electron chi connectivity index (χ2n) is 6.15. The number of aromatic carboxylic acids is 1. The van der Waals surface area contributed by atoms with Crippen molar-refractivity contribution >= 4 is 35.1 Å². The summed E-state index contributed by atoms with van der Waals surface area (Å²) in [7, 11) is 0. The lowest BCUT2D eigenvalue weighted by Gasteiger charge is -2.12. The van der Waals surface area contributed by atoms with Crippen LogP contribution in [-0.4, -0.2) is 23.0 Å². The Balaban J connectivity index is 1.90. The van der Waals surface area contributed by atoms with Gasteiger partial charge in [-0.1, -0.05) is 29.8 Å². The Hall–Kier alpha value is -3.64. The molecule has 7 heteroatoms. The largest absolute Gasteiger partial charge is 0.478 e. The number of hydrogen-bond acceptors (Lipinski definition) is 4. The molecular weight excluding hydrogens is 394 g/mol. The van der Waals surface area contributed by atoms with Crippen molar-refractivity contribution in [2.24, 2.45) is 0 Å². The van der Waals surface area contributed by atoms with Crippen molar-refractivity contribution in [1.29, 1.82) is 0 Å². The number of nitrogens with one attached hydrogen (secondary N) is 1. The van der Waals surface area contributed by atoms with E-state index in [4.69, 9.17) is 16.3 Å². The molecule has 0 aliphatic heterocycles. The highest BCUT2D eigenvalue weighted by molar-refractivity contribution is 6.30. The van der Waals surface area contributed by atoms with E-state index < -0.39 is 17.8 Å². The molecule has 0 saturated heterocycles. The zero-order valence-corrected chi connectivity index (χ0v) is 16.1. The van der Waals surface area contributed by atoms with Crippen molar-refractivity contribution in [2.75, 3.05) is 5.32 Å². The maximum atomic E-state index is 12.6. The summed E-state index contributed by atoms with van der Waals surface area (Å²) in [5.41, 5.74) is 1.89. The van der Waals surface area contributed by atoms with Crippen LogP contribution in [0.15, 0.2) is 66.7 Å². The van der Waals surface area contributed by atoms with Gasteiger partial charge in [0.05, 0.1) is 11.3 Å². The van der Waals surface area contributed by atoms with Crippen LogP contribution in [0.5, 0.6) is 5.75 Å². The van der Waals surface area contributed by atoms with Crippen molar-refractivity contribution < 1.29 is 24.2 Å². The predicted octanol–water partition coefficient (Wildman–Crippen LogP) is 4.88. The molecule has 3 aromatic carbocycles. The average Bonchev–Trinajstić information content (AvgIpc) is 2.67. The summed E-state index contributed by atoms with van der Waals surface area (Å²) >= 11 is 6.03. The van der Waals surface area contributed by atoms with Gasteiger partial charge in [-0.25, -0.2) is 4.79 Å². The molecule has 146 valence electrons. The maximum absolute atomic E-state index is 12.6. The Morgan fingerprint density at radius 2 is 1.62 bits per heavy atom. The second-order valence-corrected chi connectivity index (χ2v) is 6.58. The van der Waals surface area contributed by atoms with Gasteiger partial charge in [-0.05, 0) is 59.7 Å². The molecule has 0 heterocycles. The molecule has 0 atom stereocenters. The van der Waals surface area contributed by atoms with E-state index in [1.54, 1.807) is 30.3 Å². The first-order chi connectivity index (χ1) is 13.8. The van der Waals surface area contributed by atoms with Gasteiger partial charge in [-0.3, -0.25) is 9.59 Å². The van der Waals surface area contributed by atoms with Crippen LogP contribution >= 0.6 is 11.6 Å². The second kappa shape index (κ2) is 8.58. The number of rotatable bonds is 5. The summed E-state index contributed by atoms with van der Waals surface area (Å²) in [5, 5.41) is 12.6. The monoisotopic (exact) mass is 409 g/mol. The van der Waals surface area contributed by atoms with Gasteiger partial charge < -0.3 is 15.2 Å². The average molecular weight is 410 g/mol. The summed E-state index contributed by atoms with van der Waals surface area (Å²) in [5.74, 6) is -1.82. The van der Waals surface area contributed by atoms with Crippen molar-refractivity contribution in [3.8, 4) is 16.9 Å². The van der Waals surface area contributed by atoms with Gasteiger partial charge in [-0.2, -0.15) is 0 Å². The highest BCUT2D eigenvalue weighted by Gasteiger charge is 2.15. The van der Waals surface area contributed by atoms with Gasteiger partial charge in [0.1, 0.15) is 5.75 Å². The minimum Gasteiger partial charge on any atom is -0.478 e. The van der Waals surface area contributed by atoms with Gasteiger partial charge in [0.2, 0.25) is 0 Å². The molecule has 3 aromatic rings. The summed E-state index contributed by atoms with van der Waals surface area (Å²) in [6.45, 7) is 1.28. The van der Waals surface area contributed by atoms with Gasteiger partial charge in [0.15, 0.2) is 0 Å². The molecule has 3 rings (SSSR count). The fourth-order valence-corrected chi connectivity index (χ4v) is 2.91. The molecule has 1 amide bonds. The third-order valence-corrected chi connectivity index (χ3v) is 4.27. The Bertz CT molecular complexity index is 1090. The Labute approximate surface area is 171 Å². The molecule has 0 spiro atoms. The van der Waals surface area contributed by atoms with E-state index in [1.807, 2.05) is 6.07 Å². The molecule has 0 unspecified atom stereocenters. The third-order valence-electron chi connectivity index (χ3n) is 4.03. The lowest BCUT2D eigenvalue weighted by Crippen LogP contribution is -2.15. The number of anilines is 1. The quantitative estimate of drug-likeness (QED) is 0.462. The molecule has 0 radical (unpaired) electrons. The van der Waals surface area contributed by atoms with Crippen molar-refractivity contribution in [3.05, 3.63) is 82.9 Å². The first-order valence-electron chi connectivity index (χ1n) is 8.56. The number of benzene rings is 3. The van der Waals surface area contributed by atoms with Crippen molar-refractivity contribution in [2.45, 2.75) is 6.92 Å². The predicted molar refractivity (Wildman–Crippen MR) is 110 cm³/mol. The third kappa shape index (κ3) is 5.00. The number of carboxylic acid groups (broad SMARTS) is 1. The minimum atomic E-state index is -1.16. The zero-order chi connectivity index (χ0) is 21.0. The van der Waals surface area contributed by atoms with E-state index in [1.165, 1.54) is 37.3 Å². The number of amides is 1. The first-order valence-corrected chi connectivity index (χ1v) is 8.94. The smallest absolute Gasteiger partial charge is 0.337 e. The number of esters is 1. The molecule has 29 heavy (non-hydrogen) atoms. The molecule has 6 nitrogen and oxygen atoms in total. The van der Waals surface area contributed by atoms with Crippen LogP contribution < -0.4 is 10.1 Å². The van der Waals surface area contributed by atoms with Crippen LogP contribution in [-0.2, 0) is 4.79 Å². The van der Waals surface area contributed by atoms with Crippen LogP contribution in [0.25, 0.3) is 11.1 Å². The topological polar surface area (TPSA) is 92.7 Å². The number of carboxylic acids is 1. The Morgan fingerprint density at radius 3 is 2.24 bits per heavy atom. The summed E-state index contributed by atoms with van der Waals surface area (Å²) in [6, 6.07) is 17.7. The van der Waals surface area contributed by atoms with E-state index >= 15 is 0 Å². The SMILES string of the molecule is CC(=O)Oc1ccc(C(=O)Nc2cc(-c3cccc(Cl)c3)ccc2C(=O)O)cc1. The number of carbonyl (C=O) groups excluding carboxylic acids is 2. The van der Waals surface area contributed by atoms with E-state index in [9.17, 15) is 19.5 Å². The van der Waals surface area contributed by atoms with Crippen LogP contribution in [0.1, 0.15) is 27.6 Å². The van der Waals surface area contributed by atoms with Crippen LogP contribution in [0.2, 0.25) is 5.02 Å². The van der Waals surface area contributed by atoms with Crippen molar-refractivity contribution in [1.82, 2.24) is 0 Å². The van der Waals surface area contributed by atoms with Crippen LogP contribution in [0.3, 0.4) is 0 Å². The highest BCUT2D eigenvalue weighted by atomic mass is 35.5. The number of carbonyl (C=O) groups is 3. The van der Waals surface area contributed by atoms with E-state index in [2.05, 4.69) is 5.32 Å². The fourth-order valence-electron chi connectivity index (χ4n) is 2.72. The van der Waals surface area contributed by atoms with Crippen LogP contribution in [0, 0.1) is 0 Å². The van der Waals surface area contributed by atoms with Gasteiger partial charge in [0.25, 0.3) is 5.91 Å². The molecule has 0 bridgehead atoms. The molecule has 0 saturated carbocycles. The summed E-state index contributed by atoms with van der Waals surface area (Å²) in [6.07, 6.45) is 0. The summed E-state index contributed by atoms with van der Waals surface area (Å²) in [4.78, 5) is 35.1. The number of hydrogen-bond donors (Lipinski definition) is 2. The molecule has 2 N–H and O–H groups in total. The normalized spacial score (nSPS) is 10.3. The molecular formula is C22H16ClNO5. The van der Waals surface area contributed by atoms with Crippen molar-refractivity contribution in [3.63, 3.8) is 0 Å². The van der Waals surface area contributed by atoms with Crippen LogP contribution in [0.4, 0.5) is 5.69 Å². The van der Waals surface area contributed by atoms with E-state index in [0.29, 0.717) is 16.3 Å². The molecule has 0 aliphatic rings. The minimum absolute atomic E-state index is 0.0411. The van der Waals surface area contributed by atoms with Gasteiger partial charge in [0, 0.05) is 17.5 Å². The lowest BCUT2D eigenvalue weighted by atomic mass is 10.0. The highest BCUT2D eigenvalue weighted by Crippen LogP contribution is 2.28. The number of halogens is 1. The maximum Gasteiger partial charge on any atom is 0.337 e. The molecule has 0 fully saturated rings. The van der Waals surface area contributed by atoms with E-state index in [-0.39, 0.29) is 16.8 Å². The Kier molecular flexibility index (Phi) is 5.95. The van der Waals surface area contributed by atoms with Gasteiger partial charge >= 0.3 is 11.9 Å². The molecule has 0 aromatic heterocycles. The molecule has 0 aliphatic carbocycles. The fraction of sp³-hybridized carbons (Fsp3) is 0.0455. The first kappa shape index (κ1) is 20.1. The summed E-state index contributed by atoms with van der Waals surface area (Å²) < 4.78 is 4.93. The van der Waals surface area contributed by atoms with Gasteiger partial charge in [-0.15, -0.1) is 0 Å². The zero-order valence-electron chi connectivity index (χ0n) is 15.3. The Morgan fingerprint density at radius 1 is 0.931 bits per heavy atom. The lowest BCUT2D eigenvalue weighted by molar-refractivity contribution is -0.131.